The Balaban J connectivity index is 1.95. The van der Waals surface area contributed by atoms with Crippen LogP contribution < -0.4 is 5.32 Å². The average Bonchev–Trinajstić information content (AvgIpc) is 2.85. The number of aliphatic hydroxyl groups is 1. The Labute approximate surface area is 110 Å². The topological polar surface area (TPSA) is 52.6 Å². The first-order valence-electron chi connectivity index (χ1n) is 7.46. The number of nitrogens with zero attached hydrogens (tertiary/aromatic N) is 1. The van der Waals surface area contributed by atoms with Crippen molar-refractivity contribution in [1.29, 1.82) is 0 Å². The Hall–Kier alpha value is -0.770. The molecule has 2 N–H and O–H groups in total. The minimum Gasteiger partial charge on any atom is -0.393 e. The molecule has 2 amide bonds. The first-order chi connectivity index (χ1) is 8.74. The van der Waals surface area contributed by atoms with Crippen LogP contribution in [-0.4, -0.2) is 41.3 Å². The van der Waals surface area contributed by atoms with E-state index in [-0.39, 0.29) is 18.2 Å². The van der Waals surface area contributed by atoms with E-state index in [1.807, 2.05) is 4.90 Å². The summed E-state index contributed by atoms with van der Waals surface area (Å²) in [5.74, 6) is 0.300. The Morgan fingerprint density at radius 3 is 2.78 bits per heavy atom. The third-order valence-electron chi connectivity index (χ3n) is 4.36. The van der Waals surface area contributed by atoms with Crippen LogP contribution in [0.3, 0.4) is 0 Å². The summed E-state index contributed by atoms with van der Waals surface area (Å²) >= 11 is 0. The van der Waals surface area contributed by atoms with Gasteiger partial charge in [0, 0.05) is 25.0 Å². The fourth-order valence-corrected chi connectivity index (χ4v) is 3.41. The molecule has 2 fully saturated rings. The van der Waals surface area contributed by atoms with E-state index in [1.165, 1.54) is 6.42 Å². The van der Waals surface area contributed by atoms with Crippen molar-refractivity contribution in [1.82, 2.24) is 10.2 Å². The van der Waals surface area contributed by atoms with Crippen LogP contribution in [0.15, 0.2) is 0 Å². The van der Waals surface area contributed by atoms with Crippen molar-refractivity contribution < 1.29 is 9.90 Å². The zero-order valence-corrected chi connectivity index (χ0v) is 11.4. The van der Waals surface area contributed by atoms with Crippen molar-refractivity contribution >= 4 is 6.03 Å². The summed E-state index contributed by atoms with van der Waals surface area (Å²) in [6.45, 7) is 3.66. The predicted octanol–water partition coefficient (Wildman–Crippen LogP) is 2.12. The maximum Gasteiger partial charge on any atom is 0.317 e. The number of amides is 2. The van der Waals surface area contributed by atoms with E-state index in [9.17, 15) is 9.90 Å². The second kappa shape index (κ2) is 6.41. The first-order valence-corrected chi connectivity index (χ1v) is 7.46. The van der Waals surface area contributed by atoms with Gasteiger partial charge in [-0.3, -0.25) is 0 Å². The molecule has 4 nitrogen and oxygen atoms in total. The van der Waals surface area contributed by atoms with Gasteiger partial charge in [0.05, 0.1) is 6.10 Å². The number of carbonyl (C=O) groups is 1. The third kappa shape index (κ3) is 2.97. The second-order valence-electron chi connectivity index (χ2n) is 5.65. The van der Waals surface area contributed by atoms with E-state index >= 15 is 0 Å². The summed E-state index contributed by atoms with van der Waals surface area (Å²) < 4.78 is 0. The van der Waals surface area contributed by atoms with Gasteiger partial charge in [-0.15, -0.1) is 0 Å². The Morgan fingerprint density at radius 2 is 2.06 bits per heavy atom. The van der Waals surface area contributed by atoms with Gasteiger partial charge in [-0.05, 0) is 32.1 Å². The Bertz CT molecular complexity index is 283. The van der Waals surface area contributed by atoms with Crippen molar-refractivity contribution in [3.63, 3.8) is 0 Å². The summed E-state index contributed by atoms with van der Waals surface area (Å²) in [7, 11) is 0. The standard InChI is InChI=1S/C14H26N2O2/c1-2-9-15-14(18)16-10-5-7-12(16)11-6-3-4-8-13(11)17/h11-13,17H,2-10H2,1H3,(H,15,18). The molecule has 1 heterocycles. The summed E-state index contributed by atoms with van der Waals surface area (Å²) in [6, 6.07) is 0.328. The molecular formula is C14H26N2O2. The number of aliphatic hydroxyl groups excluding tert-OH is 1. The number of likely N-dealkylation sites (tertiary alicyclic amines) is 1. The number of rotatable bonds is 3. The smallest absolute Gasteiger partial charge is 0.317 e. The van der Waals surface area contributed by atoms with E-state index < -0.39 is 0 Å². The SMILES string of the molecule is CCCNC(=O)N1CCCC1C1CCCCC1O. The van der Waals surface area contributed by atoms with Crippen molar-refractivity contribution in [2.75, 3.05) is 13.1 Å². The number of hydrogen-bond acceptors (Lipinski definition) is 2. The monoisotopic (exact) mass is 254 g/mol. The van der Waals surface area contributed by atoms with Gasteiger partial charge in [0.15, 0.2) is 0 Å². The molecule has 3 atom stereocenters. The molecule has 0 radical (unpaired) electrons. The minimum absolute atomic E-state index is 0.0668. The molecule has 104 valence electrons. The van der Waals surface area contributed by atoms with Gasteiger partial charge in [0.25, 0.3) is 0 Å². The summed E-state index contributed by atoms with van der Waals surface area (Å²) in [4.78, 5) is 14.1. The number of urea groups is 1. The number of carbonyl (C=O) groups excluding carboxylic acids is 1. The lowest BCUT2D eigenvalue weighted by Crippen LogP contribution is -2.49. The zero-order chi connectivity index (χ0) is 13.0. The molecule has 2 rings (SSSR count). The van der Waals surface area contributed by atoms with Gasteiger partial charge in [-0.2, -0.15) is 0 Å². The van der Waals surface area contributed by atoms with Gasteiger partial charge in [0.2, 0.25) is 0 Å². The van der Waals surface area contributed by atoms with Crippen LogP contribution in [0.4, 0.5) is 4.79 Å². The highest BCUT2D eigenvalue weighted by molar-refractivity contribution is 5.74. The Kier molecular flexibility index (Phi) is 4.87. The predicted molar refractivity (Wildman–Crippen MR) is 71.4 cm³/mol. The lowest BCUT2D eigenvalue weighted by molar-refractivity contribution is 0.0307. The highest BCUT2D eigenvalue weighted by Gasteiger charge is 2.38. The molecule has 0 bridgehead atoms. The molecule has 0 aromatic rings. The van der Waals surface area contributed by atoms with E-state index in [0.717, 1.165) is 51.6 Å². The van der Waals surface area contributed by atoms with Crippen molar-refractivity contribution in [2.45, 2.75) is 64.0 Å². The summed E-state index contributed by atoms with van der Waals surface area (Å²) in [5, 5.41) is 13.1. The summed E-state index contributed by atoms with van der Waals surface area (Å²) in [5.41, 5.74) is 0. The molecule has 0 spiro atoms. The molecule has 1 saturated carbocycles. The quantitative estimate of drug-likeness (QED) is 0.810. The molecule has 1 aliphatic heterocycles. The van der Waals surface area contributed by atoms with Crippen molar-refractivity contribution in [3.8, 4) is 0 Å². The lowest BCUT2D eigenvalue weighted by Gasteiger charge is -2.37. The second-order valence-corrected chi connectivity index (χ2v) is 5.65. The van der Waals surface area contributed by atoms with Gasteiger partial charge < -0.3 is 15.3 Å². The van der Waals surface area contributed by atoms with Gasteiger partial charge in [-0.1, -0.05) is 19.8 Å². The van der Waals surface area contributed by atoms with Gasteiger partial charge in [0.1, 0.15) is 0 Å². The number of nitrogens with one attached hydrogen (secondary N) is 1. The van der Waals surface area contributed by atoms with Gasteiger partial charge in [-0.25, -0.2) is 4.79 Å². The molecule has 1 aliphatic carbocycles. The fourth-order valence-electron chi connectivity index (χ4n) is 3.41. The van der Waals surface area contributed by atoms with E-state index in [1.54, 1.807) is 0 Å². The summed E-state index contributed by atoms with van der Waals surface area (Å²) in [6.07, 6.45) is 7.21. The highest BCUT2D eigenvalue weighted by atomic mass is 16.3. The molecule has 18 heavy (non-hydrogen) atoms. The average molecular weight is 254 g/mol. The molecule has 1 saturated heterocycles. The lowest BCUT2D eigenvalue weighted by atomic mass is 9.80. The fraction of sp³-hybridized carbons (Fsp3) is 0.929. The molecule has 4 heteroatoms. The van der Waals surface area contributed by atoms with Crippen LogP contribution in [0.5, 0.6) is 0 Å². The van der Waals surface area contributed by atoms with Crippen LogP contribution in [0.2, 0.25) is 0 Å². The molecular weight excluding hydrogens is 228 g/mol. The van der Waals surface area contributed by atoms with Gasteiger partial charge >= 0.3 is 6.03 Å². The maximum atomic E-state index is 12.1. The molecule has 0 aromatic heterocycles. The van der Waals surface area contributed by atoms with Crippen LogP contribution in [0, 0.1) is 5.92 Å². The molecule has 3 unspecified atom stereocenters. The zero-order valence-electron chi connectivity index (χ0n) is 11.4. The minimum atomic E-state index is -0.205. The largest absolute Gasteiger partial charge is 0.393 e. The van der Waals surface area contributed by atoms with Crippen LogP contribution in [0.25, 0.3) is 0 Å². The first kappa shape index (κ1) is 13.7. The van der Waals surface area contributed by atoms with E-state index in [4.69, 9.17) is 0 Å². The van der Waals surface area contributed by atoms with E-state index in [0.29, 0.717) is 5.92 Å². The van der Waals surface area contributed by atoms with Crippen molar-refractivity contribution in [3.05, 3.63) is 0 Å². The van der Waals surface area contributed by atoms with Crippen LogP contribution >= 0.6 is 0 Å². The highest BCUT2D eigenvalue weighted by Crippen LogP contribution is 2.34. The Morgan fingerprint density at radius 1 is 1.28 bits per heavy atom. The van der Waals surface area contributed by atoms with Crippen LogP contribution in [0.1, 0.15) is 51.9 Å². The van der Waals surface area contributed by atoms with Crippen molar-refractivity contribution in [2.24, 2.45) is 5.92 Å². The number of hydrogen-bond donors (Lipinski definition) is 2. The molecule has 2 aliphatic rings. The van der Waals surface area contributed by atoms with E-state index in [2.05, 4.69) is 12.2 Å². The normalized spacial score (nSPS) is 32.6. The third-order valence-corrected chi connectivity index (χ3v) is 4.36. The van der Waals surface area contributed by atoms with Crippen LogP contribution in [-0.2, 0) is 0 Å². The maximum absolute atomic E-state index is 12.1. The molecule has 0 aromatic carbocycles.